The van der Waals surface area contributed by atoms with Crippen LogP contribution in [0.1, 0.15) is 41.6 Å². The number of hydrogen-bond donors (Lipinski definition) is 2. The highest BCUT2D eigenvalue weighted by molar-refractivity contribution is 6.18. The van der Waals surface area contributed by atoms with Crippen LogP contribution < -0.4 is 10.1 Å². The second-order valence-electron chi connectivity index (χ2n) is 10.5. The molecule has 2 N–H and O–H groups in total. The number of ketones is 1. The highest BCUT2D eigenvalue weighted by atomic mass is 19.1. The van der Waals surface area contributed by atoms with E-state index in [1.54, 1.807) is 23.1 Å². The summed E-state index contributed by atoms with van der Waals surface area (Å²) in [6.45, 7) is 0.876. The van der Waals surface area contributed by atoms with Crippen LogP contribution in [-0.4, -0.2) is 76.0 Å². The zero-order valence-electron chi connectivity index (χ0n) is 23.4. The fourth-order valence-corrected chi connectivity index (χ4v) is 5.44. The van der Waals surface area contributed by atoms with Gasteiger partial charge in [0.2, 0.25) is 0 Å². The maximum Gasteiger partial charge on any atom is 0.338 e. The van der Waals surface area contributed by atoms with E-state index >= 15 is 4.39 Å². The minimum atomic E-state index is -0.872. The van der Waals surface area contributed by atoms with Crippen LogP contribution in [0.3, 0.4) is 0 Å². The Bertz CT molecular complexity index is 1660. The van der Waals surface area contributed by atoms with Gasteiger partial charge in [0.15, 0.2) is 18.0 Å². The minimum Gasteiger partial charge on any atom is -0.467 e. The van der Waals surface area contributed by atoms with Crippen LogP contribution >= 0.6 is 0 Å². The molecule has 222 valence electrons. The molecule has 4 aromatic rings. The fraction of sp³-hybridized carbons (Fsp3) is 0.323. The average Bonchev–Trinajstić information content (AvgIpc) is 3.76. The van der Waals surface area contributed by atoms with E-state index in [1.165, 1.54) is 31.8 Å². The van der Waals surface area contributed by atoms with Crippen molar-refractivity contribution in [3.63, 3.8) is 0 Å². The molecule has 0 aliphatic carbocycles. The molecular weight excluding hydrogens is 557 g/mol. The third kappa shape index (κ3) is 5.91. The summed E-state index contributed by atoms with van der Waals surface area (Å²) in [5, 5.41) is 3.71. The molecule has 2 aromatic heterocycles. The Morgan fingerprint density at radius 3 is 2.67 bits per heavy atom. The molecule has 0 saturated carbocycles. The number of methoxy groups -OCH3 is 1. The molecule has 6 rings (SSSR count). The maximum absolute atomic E-state index is 15.2. The number of hydrogen-bond acceptors (Lipinski definition) is 9. The lowest BCUT2D eigenvalue weighted by Gasteiger charge is -2.30. The number of carbonyl (C=O) groups is 3. The van der Waals surface area contributed by atoms with Gasteiger partial charge in [0, 0.05) is 31.4 Å². The predicted molar refractivity (Wildman–Crippen MR) is 153 cm³/mol. The Hall–Kier alpha value is -4.84. The van der Waals surface area contributed by atoms with Gasteiger partial charge in [-0.2, -0.15) is 0 Å². The number of likely N-dealkylation sites (tertiary alicyclic amines) is 1. The lowest BCUT2D eigenvalue weighted by Crippen LogP contribution is -2.46. The number of H-pyrrole nitrogens is 1. The van der Waals surface area contributed by atoms with Gasteiger partial charge in [-0.25, -0.2) is 19.2 Å². The molecule has 0 spiro atoms. The van der Waals surface area contributed by atoms with Crippen molar-refractivity contribution in [3.8, 4) is 11.5 Å². The molecule has 3 unspecified atom stereocenters. The van der Waals surface area contributed by atoms with Crippen molar-refractivity contribution in [3.05, 3.63) is 78.0 Å². The Morgan fingerprint density at radius 2 is 1.88 bits per heavy atom. The van der Waals surface area contributed by atoms with Crippen molar-refractivity contribution in [1.29, 1.82) is 0 Å². The van der Waals surface area contributed by atoms with Gasteiger partial charge in [-0.3, -0.25) is 9.59 Å². The van der Waals surface area contributed by atoms with E-state index in [-0.39, 0.29) is 28.8 Å². The fourth-order valence-electron chi connectivity index (χ4n) is 5.44. The van der Waals surface area contributed by atoms with Gasteiger partial charge >= 0.3 is 5.97 Å². The number of ether oxygens (including phenoxy) is 3. The topological polar surface area (TPSA) is 139 Å². The summed E-state index contributed by atoms with van der Waals surface area (Å²) < 4.78 is 30.9. The highest BCUT2D eigenvalue weighted by Crippen LogP contribution is 2.31. The zero-order chi connectivity index (χ0) is 29.9. The molecule has 2 aliphatic heterocycles. The van der Waals surface area contributed by atoms with Crippen LogP contribution in [0.2, 0.25) is 0 Å². The molecule has 43 heavy (non-hydrogen) atoms. The van der Waals surface area contributed by atoms with Crippen LogP contribution in [0.4, 0.5) is 10.2 Å². The summed E-state index contributed by atoms with van der Waals surface area (Å²) in [7, 11) is 1.26. The Morgan fingerprint density at radius 1 is 1.05 bits per heavy atom. The lowest BCUT2D eigenvalue weighted by atomic mass is 10.0. The minimum absolute atomic E-state index is 0.124. The Labute approximate surface area is 246 Å². The number of fused-ring (bicyclic) bond motifs is 1. The molecule has 2 aliphatic rings. The first-order chi connectivity index (χ1) is 20.9. The van der Waals surface area contributed by atoms with Crippen LogP contribution in [0.5, 0.6) is 11.5 Å². The van der Waals surface area contributed by atoms with E-state index in [0.29, 0.717) is 35.7 Å². The average molecular weight is 588 g/mol. The van der Waals surface area contributed by atoms with Crippen LogP contribution in [-0.2, 0) is 19.1 Å². The van der Waals surface area contributed by atoms with Crippen molar-refractivity contribution in [2.75, 3.05) is 25.5 Å². The third-order valence-electron chi connectivity index (χ3n) is 7.71. The number of nitrogens with one attached hydrogen (secondary N) is 2. The first kappa shape index (κ1) is 28.3. The standard InChI is InChI=1S/C31H30FN5O6/c1-41-31(40)27-26(43-27)30(39)37-13-7-3-4-8-18(37)15-33-28-24-22(16-34-29(24)36-17-35-28)25(38)21-12-11-20(14-23(21)32)42-19-9-5-2-6-10-19/h2,5-6,9-12,14,16-18,26-27H,3-4,7-8,13,15H2,1H3,(H2,33,34,35,36). The summed E-state index contributed by atoms with van der Waals surface area (Å²) >= 11 is 0. The van der Waals surface area contributed by atoms with Gasteiger partial charge in [-0.1, -0.05) is 31.0 Å². The molecule has 12 heteroatoms. The second kappa shape index (κ2) is 12.2. The molecule has 2 saturated heterocycles. The zero-order valence-corrected chi connectivity index (χ0v) is 23.4. The summed E-state index contributed by atoms with van der Waals surface area (Å²) in [4.78, 5) is 52.0. The molecule has 3 atom stereocenters. The first-order valence-corrected chi connectivity index (χ1v) is 14.1. The Kier molecular flexibility index (Phi) is 8.01. The number of anilines is 1. The molecule has 2 aromatic carbocycles. The van der Waals surface area contributed by atoms with Crippen LogP contribution in [0, 0.1) is 5.82 Å². The normalized spacial score (nSPS) is 19.9. The third-order valence-corrected chi connectivity index (χ3v) is 7.71. The van der Waals surface area contributed by atoms with E-state index in [1.807, 2.05) is 18.2 Å². The number of para-hydroxylation sites is 1. The summed E-state index contributed by atoms with van der Waals surface area (Å²) in [6, 6.07) is 12.9. The summed E-state index contributed by atoms with van der Waals surface area (Å²) in [5.41, 5.74) is 0.488. The number of nitrogens with zero attached hydrogens (tertiary/aromatic N) is 3. The molecule has 4 heterocycles. The number of aromatic nitrogens is 3. The number of epoxide rings is 1. The highest BCUT2D eigenvalue weighted by Gasteiger charge is 2.53. The van der Waals surface area contributed by atoms with E-state index in [0.717, 1.165) is 25.7 Å². The van der Waals surface area contributed by atoms with Crippen molar-refractivity contribution in [1.82, 2.24) is 19.9 Å². The van der Waals surface area contributed by atoms with Crippen molar-refractivity contribution < 1.29 is 33.0 Å². The largest absolute Gasteiger partial charge is 0.467 e. The summed E-state index contributed by atoms with van der Waals surface area (Å²) in [5.74, 6) is -0.881. The van der Waals surface area contributed by atoms with Gasteiger partial charge in [0.1, 0.15) is 35.1 Å². The second-order valence-corrected chi connectivity index (χ2v) is 10.5. The van der Waals surface area contributed by atoms with Crippen LogP contribution in [0.25, 0.3) is 11.0 Å². The predicted octanol–water partition coefficient (Wildman–Crippen LogP) is 4.24. The number of carbonyl (C=O) groups excluding carboxylic acids is 3. The van der Waals surface area contributed by atoms with Crippen molar-refractivity contribution in [2.24, 2.45) is 0 Å². The first-order valence-electron chi connectivity index (χ1n) is 14.1. The number of amides is 1. The molecule has 0 bridgehead atoms. The van der Waals surface area contributed by atoms with Gasteiger partial charge in [0.05, 0.1) is 23.6 Å². The molecule has 11 nitrogen and oxygen atoms in total. The number of halogens is 1. The van der Waals surface area contributed by atoms with E-state index < -0.39 is 29.8 Å². The van der Waals surface area contributed by atoms with Crippen LogP contribution in [0.15, 0.2) is 61.1 Å². The lowest BCUT2D eigenvalue weighted by molar-refractivity contribution is -0.142. The SMILES string of the molecule is COC(=O)C1OC1C(=O)N1CCCCCC1CNc1ncnc2[nH]cc(C(=O)c3ccc(Oc4ccccc4)cc3F)c12. The van der Waals surface area contributed by atoms with Crippen molar-refractivity contribution in [2.45, 2.75) is 43.9 Å². The molecule has 0 radical (unpaired) electrons. The number of benzene rings is 2. The number of esters is 1. The Balaban J connectivity index is 1.21. The van der Waals surface area contributed by atoms with E-state index in [2.05, 4.69) is 20.3 Å². The number of rotatable bonds is 9. The van der Waals surface area contributed by atoms with Gasteiger partial charge in [-0.15, -0.1) is 0 Å². The monoisotopic (exact) mass is 587 g/mol. The number of aromatic amines is 1. The molecule has 1 amide bonds. The van der Waals surface area contributed by atoms with E-state index in [4.69, 9.17) is 14.2 Å². The maximum atomic E-state index is 15.2. The van der Waals surface area contributed by atoms with E-state index in [9.17, 15) is 14.4 Å². The molecular formula is C31H30FN5O6. The van der Waals surface area contributed by atoms with Gasteiger partial charge in [0.25, 0.3) is 5.91 Å². The smallest absolute Gasteiger partial charge is 0.338 e. The quantitative estimate of drug-likeness (QED) is 0.167. The van der Waals surface area contributed by atoms with Gasteiger partial charge < -0.3 is 29.4 Å². The van der Waals surface area contributed by atoms with Gasteiger partial charge in [-0.05, 0) is 37.1 Å². The van der Waals surface area contributed by atoms with Crippen molar-refractivity contribution >= 4 is 34.5 Å². The molecule has 2 fully saturated rings. The summed E-state index contributed by atoms with van der Waals surface area (Å²) in [6.07, 6.45) is 4.62.